The summed E-state index contributed by atoms with van der Waals surface area (Å²) in [4.78, 5) is 20.3. The number of hydrogen-bond acceptors (Lipinski definition) is 6. The summed E-state index contributed by atoms with van der Waals surface area (Å²) in [5.74, 6) is 0.570. The van der Waals surface area contributed by atoms with Crippen LogP contribution in [0, 0.1) is 6.92 Å². The Morgan fingerprint density at radius 2 is 2.09 bits per heavy atom. The summed E-state index contributed by atoms with van der Waals surface area (Å²) in [7, 11) is 1.63. The Morgan fingerprint density at radius 3 is 2.84 bits per heavy atom. The number of carbonyl (C=O) groups excluding carboxylic acids is 1. The van der Waals surface area contributed by atoms with E-state index in [0.29, 0.717) is 23.0 Å². The van der Waals surface area contributed by atoms with Crippen molar-refractivity contribution in [3.63, 3.8) is 0 Å². The van der Waals surface area contributed by atoms with E-state index in [4.69, 9.17) is 14.5 Å². The lowest BCUT2D eigenvalue weighted by Crippen LogP contribution is -2.37. The molecule has 1 amide bonds. The number of aromatic nitrogens is 3. The molecular formula is C24H24N4O3S. The third-order valence-electron chi connectivity index (χ3n) is 5.72. The summed E-state index contributed by atoms with van der Waals surface area (Å²) in [5.41, 5.74) is 3.02. The number of amides is 1. The summed E-state index contributed by atoms with van der Waals surface area (Å²) >= 11 is 1.48. The highest BCUT2D eigenvalue weighted by molar-refractivity contribution is 7.22. The van der Waals surface area contributed by atoms with Crippen LogP contribution in [-0.4, -0.2) is 47.0 Å². The monoisotopic (exact) mass is 448 g/mol. The third-order valence-corrected chi connectivity index (χ3v) is 6.76. The number of thiazole rings is 1. The Balaban J connectivity index is 1.54. The molecule has 0 aliphatic carbocycles. The maximum absolute atomic E-state index is 13.8. The molecule has 8 heteroatoms. The SMILES string of the molecule is COc1cccc2sc(N(C[C@@H]3CCCO3)C(=O)c3cnn(-c4ccccc4)c3C)nc12. The number of hydrogen-bond donors (Lipinski definition) is 0. The zero-order valence-corrected chi connectivity index (χ0v) is 18.8. The highest BCUT2D eigenvalue weighted by atomic mass is 32.1. The number of rotatable bonds is 6. The van der Waals surface area contributed by atoms with Crippen LogP contribution in [-0.2, 0) is 4.74 Å². The van der Waals surface area contributed by atoms with Crippen molar-refractivity contribution in [2.75, 3.05) is 25.2 Å². The van der Waals surface area contributed by atoms with Gasteiger partial charge in [0.05, 0.1) is 47.6 Å². The molecule has 4 aromatic rings. The first-order valence-corrected chi connectivity index (χ1v) is 11.4. The van der Waals surface area contributed by atoms with E-state index < -0.39 is 0 Å². The van der Waals surface area contributed by atoms with Crippen LogP contribution in [0.1, 0.15) is 28.9 Å². The lowest BCUT2D eigenvalue weighted by molar-refractivity contribution is 0.0917. The van der Waals surface area contributed by atoms with Crippen molar-refractivity contribution in [2.45, 2.75) is 25.9 Å². The molecule has 2 aromatic heterocycles. The normalized spacial score (nSPS) is 15.9. The first kappa shape index (κ1) is 20.7. The molecule has 32 heavy (non-hydrogen) atoms. The van der Waals surface area contributed by atoms with Gasteiger partial charge in [-0.3, -0.25) is 9.69 Å². The van der Waals surface area contributed by atoms with Crippen LogP contribution in [0.25, 0.3) is 15.9 Å². The van der Waals surface area contributed by atoms with Crippen molar-refractivity contribution in [2.24, 2.45) is 0 Å². The highest BCUT2D eigenvalue weighted by Crippen LogP contribution is 2.35. The van der Waals surface area contributed by atoms with E-state index in [-0.39, 0.29) is 12.0 Å². The summed E-state index contributed by atoms with van der Waals surface area (Å²) in [6.07, 6.45) is 3.57. The average molecular weight is 449 g/mol. The van der Waals surface area contributed by atoms with E-state index in [9.17, 15) is 4.79 Å². The van der Waals surface area contributed by atoms with Gasteiger partial charge in [-0.25, -0.2) is 9.67 Å². The van der Waals surface area contributed by atoms with Crippen molar-refractivity contribution in [3.05, 3.63) is 66.0 Å². The van der Waals surface area contributed by atoms with Crippen LogP contribution in [0.2, 0.25) is 0 Å². The van der Waals surface area contributed by atoms with Crippen molar-refractivity contribution in [1.29, 1.82) is 0 Å². The molecule has 0 bridgehead atoms. The summed E-state index contributed by atoms with van der Waals surface area (Å²) in [5, 5.41) is 5.12. The van der Waals surface area contributed by atoms with Gasteiger partial charge >= 0.3 is 0 Å². The molecule has 0 spiro atoms. The first-order valence-electron chi connectivity index (χ1n) is 10.6. The molecule has 7 nitrogen and oxygen atoms in total. The van der Waals surface area contributed by atoms with Gasteiger partial charge in [0.2, 0.25) is 0 Å². The number of carbonyl (C=O) groups is 1. The van der Waals surface area contributed by atoms with Gasteiger partial charge in [-0.05, 0) is 44.0 Å². The lowest BCUT2D eigenvalue weighted by atomic mass is 10.2. The Labute approximate surface area is 190 Å². The number of ether oxygens (including phenoxy) is 2. The standard InChI is InChI=1S/C24H24N4O3S/c1-16-19(14-25-28(16)17-8-4-3-5-9-17)23(29)27(15-18-10-7-13-31-18)24-26-22-20(30-2)11-6-12-21(22)32-24/h3-6,8-9,11-12,14,18H,7,10,13,15H2,1-2H3/t18-/m0/s1. The summed E-state index contributed by atoms with van der Waals surface area (Å²) < 4.78 is 14.1. The quantitative estimate of drug-likeness (QED) is 0.430. The maximum atomic E-state index is 13.8. The number of nitrogens with zero attached hydrogens (tertiary/aromatic N) is 4. The van der Waals surface area contributed by atoms with Crippen LogP contribution in [0.4, 0.5) is 5.13 Å². The van der Waals surface area contributed by atoms with Crippen molar-refractivity contribution < 1.29 is 14.3 Å². The van der Waals surface area contributed by atoms with E-state index in [1.54, 1.807) is 22.9 Å². The topological polar surface area (TPSA) is 69.5 Å². The molecule has 1 aliphatic rings. The van der Waals surface area contributed by atoms with Crippen LogP contribution < -0.4 is 9.64 Å². The van der Waals surface area contributed by atoms with Crippen LogP contribution in [0.15, 0.2) is 54.7 Å². The minimum atomic E-state index is -0.127. The molecule has 2 aromatic carbocycles. The van der Waals surface area contributed by atoms with Gasteiger partial charge in [0.15, 0.2) is 5.13 Å². The van der Waals surface area contributed by atoms with Gasteiger partial charge in [-0.2, -0.15) is 5.10 Å². The summed E-state index contributed by atoms with van der Waals surface area (Å²) in [6, 6.07) is 15.6. The van der Waals surface area contributed by atoms with E-state index in [2.05, 4.69) is 5.10 Å². The Kier molecular flexibility index (Phi) is 5.63. The zero-order valence-electron chi connectivity index (χ0n) is 18.0. The van der Waals surface area contributed by atoms with Gasteiger partial charge in [-0.1, -0.05) is 35.6 Å². The molecule has 1 atom stereocenters. The van der Waals surface area contributed by atoms with Crippen LogP contribution in [0.5, 0.6) is 5.75 Å². The second-order valence-electron chi connectivity index (χ2n) is 7.75. The predicted octanol–water partition coefficient (Wildman–Crippen LogP) is 4.62. The van der Waals surface area contributed by atoms with E-state index >= 15 is 0 Å². The van der Waals surface area contributed by atoms with E-state index in [0.717, 1.165) is 41.0 Å². The van der Waals surface area contributed by atoms with Gasteiger partial charge in [-0.15, -0.1) is 0 Å². The number of anilines is 1. The molecule has 5 rings (SSSR count). The Morgan fingerprint density at radius 1 is 1.25 bits per heavy atom. The Bertz CT molecular complexity index is 1240. The molecule has 1 fully saturated rings. The molecule has 0 unspecified atom stereocenters. The fraction of sp³-hybridized carbons (Fsp3) is 0.292. The molecule has 0 N–H and O–H groups in total. The molecule has 1 saturated heterocycles. The van der Waals surface area contributed by atoms with Gasteiger partial charge in [0, 0.05) is 6.61 Å². The number of fused-ring (bicyclic) bond motifs is 1. The third kappa shape index (κ3) is 3.76. The highest BCUT2D eigenvalue weighted by Gasteiger charge is 2.29. The molecule has 0 saturated carbocycles. The molecular weight excluding hydrogens is 424 g/mol. The molecule has 3 heterocycles. The van der Waals surface area contributed by atoms with Gasteiger partial charge in [0.1, 0.15) is 11.3 Å². The number of methoxy groups -OCH3 is 1. The molecule has 1 aliphatic heterocycles. The fourth-order valence-electron chi connectivity index (χ4n) is 4.03. The second-order valence-corrected chi connectivity index (χ2v) is 8.75. The second kappa shape index (κ2) is 8.72. The number of para-hydroxylation sites is 2. The van der Waals surface area contributed by atoms with Gasteiger partial charge < -0.3 is 9.47 Å². The van der Waals surface area contributed by atoms with E-state index in [1.165, 1.54) is 11.3 Å². The fourth-order valence-corrected chi connectivity index (χ4v) is 5.02. The maximum Gasteiger partial charge on any atom is 0.263 e. The molecule has 164 valence electrons. The minimum absolute atomic E-state index is 0.00247. The predicted molar refractivity (Wildman–Crippen MR) is 125 cm³/mol. The number of benzene rings is 2. The average Bonchev–Trinajstić information content (AvgIpc) is 3.57. The van der Waals surface area contributed by atoms with Crippen molar-refractivity contribution in [3.8, 4) is 11.4 Å². The zero-order chi connectivity index (χ0) is 22.1. The minimum Gasteiger partial charge on any atom is -0.494 e. The van der Waals surface area contributed by atoms with Crippen molar-refractivity contribution in [1.82, 2.24) is 14.8 Å². The lowest BCUT2D eigenvalue weighted by Gasteiger charge is -2.23. The van der Waals surface area contributed by atoms with Crippen LogP contribution >= 0.6 is 11.3 Å². The van der Waals surface area contributed by atoms with Crippen LogP contribution in [0.3, 0.4) is 0 Å². The molecule has 0 radical (unpaired) electrons. The van der Waals surface area contributed by atoms with Crippen molar-refractivity contribution >= 4 is 32.6 Å². The Hall–Kier alpha value is -3.23. The largest absolute Gasteiger partial charge is 0.494 e. The summed E-state index contributed by atoms with van der Waals surface area (Å²) in [6.45, 7) is 3.10. The smallest absolute Gasteiger partial charge is 0.263 e. The first-order chi connectivity index (χ1) is 15.7. The van der Waals surface area contributed by atoms with Gasteiger partial charge in [0.25, 0.3) is 5.91 Å². The van der Waals surface area contributed by atoms with E-state index in [1.807, 2.05) is 55.5 Å².